The topological polar surface area (TPSA) is 70.9 Å². The summed E-state index contributed by atoms with van der Waals surface area (Å²) in [5.41, 5.74) is 4.14. The van der Waals surface area contributed by atoms with Crippen molar-refractivity contribution in [2.75, 3.05) is 12.5 Å². The molecule has 2 aromatic rings. The summed E-state index contributed by atoms with van der Waals surface area (Å²) in [7, 11) is 1.58. The van der Waals surface area contributed by atoms with E-state index in [1.54, 1.807) is 31.5 Å². The highest BCUT2D eigenvalue weighted by molar-refractivity contribution is 5.94. The molecule has 0 unspecified atom stereocenters. The Kier molecular flexibility index (Phi) is 4.34. The fourth-order valence-electron chi connectivity index (χ4n) is 1.71. The van der Waals surface area contributed by atoms with E-state index in [0.717, 1.165) is 5.56 Å². The fourth-order valence-corrected chi connectivity index (χ4v) is 1.71. The summed E-state index contributed by atoms with van der Waals surface area (Å²) in [6, 6.07) is 14.0. The first-order valence-corrected chi connectivity index (χ1v) is 5.97. The standard InChI is InChI=1S/C15H14N2O3/c1-20-14-9-5-2-6-11(14)10-16-17-13-8-4-3-7-12(13)15(18)19/h2-10,17H,1H3,(H,18,19)/b16-10-. The molecule has 0 fully saturated rings. The predicted octanol–water partition coefficient (Wildman–Crippen LogP) is 2.84. The average Bonchev–Trinajstić information content (AvgIpc) is 2.48. The molecule has 0 saturated carbocycles. The molecule has 0 amide bonds. The highest BCUT2D eigenvalue weighted by Gasteiger charge is 2.07. The first-order chi connectivity index (χ1) is 9.72. The Morgan fingerprint density at radius 3 is 2.65 bits per heavy atom. The molecule has 2 N–H and O–H groups in total. The quantitative estimate of drug-likeness (QED) is 0.647. The Labute approximate surface area is 116 Å². The molecule has 0 saturated heterocycles. The number of carbonyl (C=O) groups is 1. The number of hydrogen-bond acceptors (Lipinski definition) is 4. The number of carboxylic acid groups (broad SMARTS) is 1. The average molecular weight is 270 g/mol. The number of nitrogens with zero attached hydrogens (tertiary/aromatic N) is 1. The zero-order chi connectivity index (χ0) is 14.4. The monoisotopic (exact) mass is 270 g/mol. The molecule has 5 nitrogen and oxygen atoms in total. The van der Waals surface area contributed by atoms with Gasteiger partial charge in [0.05, 0.1) is 24.6 Å². The number of methoxy groups -OCH3 is 1. The molecule has 0 radical (unpaired) electrons. The molecule has 0 aliphatic carbocycles. The summed E-state index contributed by atoms with van der Waals surface area (Å²) in [6.45, 7) is 0. The van der Waals surface area contributed by atoms with Crippen LogP contribution >= 0.6 is 0 Å². The van der Waals surface area contributed by atoms with Crippen LogP contribution in [0, 0.1) is 0 Å². The second-order valence-electron chi connectivity index (χ2n) is 3.96. The van der Waals surface area contributed by atoms with Crippen LogP contribution in [-0.2, 0) is 0 Å². The van der Waals surface area contributed by atoms with E-state index in [1.165, 1.54) is 6.07 Å². The largest absolute Gasteiger partial charge is 0.496 e. The molecule has 0 heterocycles. The summed E-state index contributed by atoms with van der Waals surface area (Å²) < 4.78 is 5.20. The van der Waals surface area contributed by atoms with Gasteiger partial charge in [0.1, 0.15) is 5.75 Å². The zero-order valence-corrected chi connectivity index (χ0v) is 10.9. The van der Waals surface area contributed by atoms with E-state index in [1.807, 2.05) is 24.3 Å². The van der Waals surface area contributed by atoms with E-state index >= 15 is 0 Å². The molecule has 0 aromatic heterocycles. The molecule has 0 aliphatic rings. The Morgan fingerprint density at radius 2 is 1.90 bits per heavy atom. The van der Waals surface area contributed by atoms with Crippen molar-refractivity contribution in [3.05, 3.63) is 59.7 Å². The molecular formula is C15H14N2O3. The Balaban J connectivity index is 2.16. The molecule has 5 heteroatoms. The van der Waals surface area contributed by atoms with Crippen LogP contribution < -0.4 is 10.2 Å². The number of para-hydroxylation sites is 2. The Hall–Kier alpha value is -2.82. The highest BCUT2D eigenvalue weighted by atomic mass is 16.5. The van der Waals surface area contributed by atoms with Gasteiger partial charge in [0, 0.05) is 5.56 Å². The van der Waals surface area contributed by atoms with Crippen LogP contribution in [0.1, 0.15) is 15.9 Å². The van der Waals surface area contributed by atoms with Gasteiger partial charge in [0.2, 0.25) is 0 Å². The Bertz CT molecular complexity index is 639. The fraction of sp³-hybridized carbons (Fsp3) is 0.0667. The van der Waals surface area contributed by atoms with Gasteiger partial charge in [-0.05, 0) is 24.3 Å². The first kappa shape index (κ1) is 13.6. The van der Waals surface area contributed by atoms with Crippen LogP contribution in [-0.4, -0.2) is 24.4 Å². The van der Waals surface area contributed by atoms with Crippen LogP contribution in [0.5, 0.6) is 5.75 Å². The first-order valence-electron chi connectivity index (χ1n) is 5.97. The number of anilines is 1. The lowest BCUT2D eigenvalue weighted by molar-refractivity contribution is 0.0698. The summed E-state index contributed by atoms with van der Waals surface area (Å²) >= 11 is 0. The van der Waals surface area contributed by atoms with Gasteiger partial charge < -0.3 is 9.84 Å². The predicted molar refractivity (Wildman–Crippen MR) is 77.6 cm³/mol. The maximum absolute atomic E-state index is 11.0. The van der Waals surface area contributed by atoms with E-state index < -0.39 is 5.97 Å². The van der Waals surface area contributed by atoms with Crippen molar-refractivity contribution in [3.8, 4) is 5.75 Å². The van der Waals surface area contributed by atoms with Crippen molar-refractivity contribution in [1.29, 1.82) is 0 Å². The van der Waals surface area contributed by atoms with Gasteiger partial charge in [-0.25, -0.2) is 4.79 Å². The lowest BCUT2D eigenvalue weighted by Crippen LogP contribution is -2.02. The van der Waals surface area contributed by atoms with Crippen molar-refractivity contribution < 1.29 is 14.6 Å². The minimum absolute atomic E-state index is 0.171. The Morgan fingerprint density at radius 1 is 1.20 bits per heavy atom. The number of rotatable bonds is 5. The lowest BCUT2D eigenvalue weighted by atomic mass is 10.2. The summed E-state index contributed by atoms with van der Waals surface area (Å²) in [5.74, 6) is -0.301. The van der Waals surface area contributed by atoms with E-state index in [-0.39, 0.29) is 5.56 Å². The minimum Gasteiger partial charge on any atom is -0.496 e. The van der Waals surface area contributed by atoms with Gasteiger partial charge in [0.15, 0.2) is 0 Å². The molecule has 2 aromatic carbocycles. The van der Waals surface area contributed by atoms with E-state index in [2.05, 4.69) is 10.5 Å². The third-order valence-electron chi connectivity index (χ3n) is 2.69. The van der Waals surface area contributed by atoms with Gasteiger partial charge in [0.25, 0.3) is 0 Å². The lowest BCUT2D eigenvalue weighted by Gasteiger charge is -2.05. The van der Waals surface area contributed by atoms with Gasteiger partial charge in [-0.2, -0.15) is 5.10 Å². The molecule has 20 heavy (non-hydrogen) atoms. The summed E-state index contributed by atoms with van der Waals surface area (Å²) in [5, 5.41) is 13.1. The molecular weight excluding hydrogens is 256 g/mol. The number of aromatic carboxylic acids is 1. The third-order valence-corrected chi connectivity index (χ3v) is 2.69. The van der Waals surface area contributed by atoms with Crippen LogP contribution in [0.15, 0.2) is 53.6 Å². The van der Waals surface area contributed by atoms with Gasteiger partial charge >= 0.3 is 5.97 Å². The number of hydrogen-bond donors (Lipinski definition) is 2. The number of ether oxygens (including phenoxy) is 1. The normalized spacial score (nSPS) is 10.4. The van der Waals surface area contributed by atoms with Crippen LogP contribution in [0.3, 0.4) is 0 Å². The molecule has 0 atom stereocenters. The van der Waals surface area contributed by atoms with E-state index in [4.69, 9.17) is 9.84 Å². The summed E-state index contributed by atoms with van der Waals surface area (Å²) in [4.78, 5) is 11.0. The second kappa shape index (κ2) is 6.38. The molecule has 0 bridgehead atoms. The third kappa shape index (κ3) is 3.14. The van der Waals surface area contributed by atoms with Crippen LogP contribution in [0.2, 0.25) is 0 Å². The van der Waals surface area contributed by atoms with Gasteiger partial charge in [-0.15, -0.1) is 0 Å². The number of nitrogens with one attached hydrogen (secondary N) is 1. The SMILES string of the molecule is COc1ccccc1/C=N\Nc1ccccc1C(=O)O. The van der Waals surface area contributed by atoms with Gasteiger partial charge in [-0.3, -0.25) is 5.43 Å². The number of hydrazone groups is 1. The minimum atomic E-state index is -0.999. The smallest absolute Gasteiger partial charge is 0.337 e. The maximum atomic E-state index is 11.0. The number of benzene rings is 2. The molecule has 2 rings (SSSR count). The van der Waals surface area contributed by atoms with E-state index in [0.29, 0.717) is 11.4 Å². The van der Waals surface area contributed by atoms with Crippen LogP contribution in [0.25, 0.3) is 0 Å². The highest BCUT2D eigenvalue weighted by Crippen LogP contribution is 2.16. The molecule has 0 spiro atoms. The van der Waals surface area contributed by atoms with Crippen molar-refractivity contribution >= 4 is 17.9 Å². The maximum Gasteiger partial charge on any atom is 0.337 e. The van der Waals surface area contributed by atoms with Gasteiger partial charge in [-0.1, -0.05) is 24.3 Å². The van der Waals surface area contributed by atoms with Crippen LogP contribution in [0.4, 0.5) is 5.69 Å². The van der Waals surface area contributed by atoms with Crippen molar-refractivity contribution in [2.24, 2.45) is 5.10 Å². The molecule has 0 aliphatic heterocycles. The van der Waals surface area contributed by atoms with Crippen molar-refractivity contribution in [1.82, 2.24) is 0 Å². The van der Waals surface area contributed by atoms with Crippen molar-refractivity contribution in [3.63, 3.8) is 0 Å². The van der Waals surface area contributed by atoms with Crippen molar-refractivity contribution in [2.45, 2.75) is 0 Å². The summed E-state index contributed by atoms with van der Waals surface area (Å²) in [6.07, 6.45) is 1.58. The zero-order valence-electron chi connectivity index (χ0n) is 10.9. The van der Waals surface area contributed by atoms with E-state index in [9.17, 15) is 4.79 Å². The molecule has 102 valence electrons. The number of carboxylic acids is 1. The second-order valence-corrected chi connectivity index (χ2v) is 3.96.